The van der Waals surface area contributed by atoms with Crippen molar-refractivity contribution >= 4 is 17.9 Å². The molecule has 1 aliphatic heterocycles. The van der Waals surface area contributed by atoms with Crippen molar-refractivity contribution in [1.82, 2.24) is 4.57 Å². The fraction of sp³-hybridized carbons (Fsp3) is 0.125. The lowest BCUT2D eigenvalue weighted by atomic mass is 10.1. The molecule has 0 atom stereocenters. The lowest BCUT2D eigenvalue weighted by molar-refractivity contribution is -0.129. The van der Waals surface area contributed by atoms with E-state index in [0.717, 1.165) is 16.8 Å². The third kappa shape index (κ3) is 2.16. The molecule has 100 valence electrons. The van der Waals surface area contributed by atoms with E-state index in [1.165, 1.54) is 0 Å². The topological polar surface area (TPSA) is 43.6 Å². The van der Waals surface area contributed by atoms with Gasteiger partial charge in [-0.15, -0.1) is 0 Å². The Morgan fingerprint density at radius 3 is 2.70 bits per heavy atom. The first-order valence-electron chi connectivity index (χ1n) is 6.35. The van der Waals surface area contributed by atoms with E-state index in [1.807, 2.05) is 61.1 Å². The maximum absolute atomic E-state index is 11.9. The summed E-state index contributed by atoms with van der Waals surface area (Å²) in [6, 6.07) is 11.5. The van der Waals surface area contributed by atoms with Crippen molar-refractivity contribution in [3.05, 3.63) is 65.1 Å². The average Bonchev–Trinajstić information content (AvgIpc) is 2.98. The van der Waals surface area contributed by atoms with Gasteiger partial charge in [-0.25, -0.2) is 9.79 Å². The van der Waals surface area contributed by atoms with Crippen molar-refractivity contribution in [1.29, 1.82) is 0 Å². The molecule has 0 aliphatic carbocycles. The average molecular weight is 266 g/mol. The quantitative estimate of drug-likeness (QED) is 0.619. The molecule has 4 heteroatoms. The van der Waals surface area contributed by atoms with Crippen LogP contribution in [0, 0.1) is 6.92 Å². The van der Waals surface area contributed by atoms with Crippen LogP contribution in [0.1, 0.15) is 16.8 Å². The van der Waals surface area contributed by atoms with Crippen molar-refractivity contribution in [2.24, 2.45) is 12.0 Å². The lowest BCUT2D eigenvalue weighted by Gasteiger charge is -2.02. The van der Waals surface area contributed by atoms with Gasteiger partial charge in [0, 0.05) is 24.5 Å². The number of aryl methyl sites for hydroxylation is 2. The molecular formula is C16H14N2O2. The molecule has 20 heavy (non-hydrogen) atoms. The molecule has 0 unspecified atom stereocenters. The van der Waals surface area contributed by atoms with E-state index in [4.69, 9.17) is 4.74 Å². The molecule has 2 aromatic rings. The number of benzene rings is 1. The fourth-order valence-electron chi connectivity index (χ4n) is 2.10. The summed E-state index contributed by atoms with van der Waals surface area (Å²) in [7, 11) is 1.92. The van der Waals surface area contributed by atoms with Crippen LogP contribution in [-0.4, -0.2) is 16.4 Å². The molecule has 1 aromatic heterocycles. The number of carbonyl (C=O) groups is 1. The van der Waals surface area contributed by atoms with Gasteiger partial charge in [0.1, 0.15) is 0 Å². The van der Waals surface area contributed by atoms with E-state index in [-0.39, 0.29) is 0 Å². The fourth-order valence-corrected chi connectivity index (χ4v) is 2.10. The van der Waals surface area contributed by atoms with Gasteiger partial charge in [-0.1, -0.05) is 18.2 Å². The molecule has 0 bridgehead atoms. The number of hydrogen-bond donors (Lipinski definition) is 0. The highest BCUT2D eigenvalue weighted by atomic mass is 16.6. The van der Waals surface area contributed by atoms with Gasteiger partial charge in [0.15, 0.2) is 5.70 Å². The standard InChI is InChI=1S/C16H14N2O2/c1-11-6-3-4-8-13(11)15-17-14(16(19)20-15)10-12-7-5-9-18(12)2/h3-10H,1-2H3/b14-10-. The minimum Gasteiger partial charge on any atom is -0.402 e. The molecule has 0 saturated carbocycles. The molecule has 3 rings (SSSR count). The number of nitrogens with zero attached hydrogens (tertiary/aromatic N) is 2. The van der Waals surface area contributed by atoms with Crippen LogP contribution in [0.15, 0.2) is 53.3 Å². The highest BCUT2D eigenvalue weighted by molar-refractivity contribution is 6.13. The maximum Gasteiger partial charge on any atom is 0.363 e. The number of esters is 1. The van der Waals surface area contributed by atoms with Gasteiger partial charge in [-0.05, 0) is 36.8 Å². The molecule has 0 N–H and O–H groups in total. The second kappa shape index (κ2) is 4.81. The zero-order valence-corrected chi connectivity index (χ0v) is 11.3. The highest BCUT2D eigenvalue weighted by Gasteiger charge is 2.25. The summed E-state index contributed by atoms with van der Waals surface area (Å²) in [5.41, 5.74) is 3.10. The number of cyclic esters (lactones) is 1. The summed E-state index contributed by atoms with van der Waals surface area (Å²) in [4.78, 5) is 16.2. The number of ether oxygens (including phenoxy) is 1. The third-order valence-corrected chi connectivity index (χ3v) is 3.26. The largest absolute Gasteiger partial charge is 0.402 e. The Morgan fingerprint density at radius 1 is 1.20 bits per heavy atom. The van der Waals surface area contributed by atoms with E-state index in [1.54, 1.807) is 6.08 Å². The number of aromatic nitrogens is 1. The van der Waals surface area contributed by atoms with Gasteiger partial charge >= 0.3 is 5.97 Å². The van der Waals surface area contributed by atoms with Crippen molar-refractivity contribution in [2.75, 3.05) is 0 Å². The number of rotatable bonds is 2. The summed E-state index contributed by atoms with van der Waals surface area (Å²) < 4.78 is 7.18. The molecule has 1 aliphatic rings. The lowest BCUT2D eigenvalue weighted by Crippen LogP contribution is -2.06. The minimum absolute atomic E-state index is 0.324. The monoisotopic (exact) mass is 266 g/mol. The second-order valence-corrected chi connectivity index (χ2v) is 4.69. The predicted octanol–water partition coefficient (Wildman–Crippen LogP) is 2.68. The van der Waals surface area contributed by atoms with E-state index in [2.05, 4.69) is 4.99 Å². The molecule has 4 nitrogen and oxygen atoms in total. The molecule has 0 saturated heterocycles. The summed E-state index contributed by atoms with van der Waals surface area (Å²) in [6.07, 6.45) is 3.65. The summed E-state index contributed by atoms with van der Waals surface area (Å²) in [5.74, 6) is -0.0435. The van der Waals surface area contributed by atoms with Gasteiger partial charge in [0.05, 0.1) is 0 Å². The predicted molar refractivity (Wildman–Crippen MR) is 77.2 cm³/mol. The maximum atomic E-state index is 11.9. The summed E-state index contributed by atoms with van der Waals surface area (Å²) in [5, 5.41) is 0. The smallest absolute Gasteiger partial charge is 0.363 e. The summed E-state index contributed by atoms with van der Waals surface area (Å²) >= 11 is 0. The van der Waals surface area contributed by atoms with E-state index in [9.17, 15) is 4.79 Å². The minimum atomic E-state index is -0.413. The Hall–Kier alpha value is -2.62. The van der Waals surface area contributed by atoms with Crippen LogP contribution in [0.4, 0.5) is 0 Å². The Kier molecular flexibility index (Phi) is 2.99. The van der Waals surface area contributed by atoms with E-state index < -0.39 is 5.97 Å². The Morgan fingerprint density at radius 2 is 2.00 bits per heavy atom. The Labute approximate surface area is 117 Å². The van der Waals surface area contributed by atoms with Crippen LogP contribution in [-0.2, 0) is 16.6 Å². The van der Waals surface area contributed by atoms with Crippen LogP contribution >= 0.6 is 0 Å². The van der Waals surface area contributed by atoms with Gasteiger partial charge in [0.2, 0.25) is 5.90 Å². The first-order chi connectivity index (χ1) is 9.65. The zero-order chi connectivity index (χ0) is 14.1. The number of aliphatic imine (C=N–C) groups is 1. The molecule has 0 radical (unpaired) electrons. The van der Waals surface area contributed by atoms with Gasteiger partial charge in [-0.3, -0.25) is 0 Å². The van der Waals surface area contributed by atoms with Crippen molar-refractivity contribution in [2.45, 2.75) is 6.92 Å². The molecule has 1 aromatic carbocycles. The van der Waals surface area contributed by atoms with Crippen LogP contribution in [0.5, 0.6) is 0 Å². The van der Waals surface area contributed by atoms with E-state index in [0.29, 0.717) is 11.6 Å². The van der Waals surface area contributed by atoms with Gasteiger partial charge in [0.25, 0.3) is 0 Å². The van der Waals surface area contributed by atoms with Gasteiger partial charge in [-0.2, -0.15) is 0 Å². The molecule has 0 fully saturated rings. The van der Waals surface area contributed by atoms with Crippen LogP contribution in [0.2, 0.25) is 0 Å². The second-order valence-electron chi connectivity index (χ2n) is 4.69. The third-order valence-electron chi connectivity index (χ3n) is 3.26. The summed E-state index contributed by atoms with van der Waals surface area (Å²) in [6.45, 7) is 1.96. The normalized spacial score (nSPS) is 16.4. The van der Waals surface area contributed by atoms with Crippen molar-refractivity contribution in [3.8, 4) is 0 Å². The first-order valence-corrected chi connectivity index (χ1v) is 6.35. The Balaban J connectivity index is 2.00. The zero-order valence-electron chi connectivity index (χ0n) is 11.3. The van der Waals surface area contributed by atoms with Crippen molar-refractivity contribution in [3.63, 3.8) is 0 Å². The molecule has 2 heterocycles. The molecular weight excluding hydrogens is 252 g/mol. The highest BCUT2D eigenvalue weighted by Crippen LogP contribution is 2.20. The first kappa shape index (κ1) is 12.4. The van der Waals surface area contributed by atoms with Crippen LogP contribution < -0.4 is 0 Å². The number of carbonyl (C=O) groups excluding carboxylic acids is 1. The van der Waals surface area contributed by atoms with Crippen molar-refractivity contribution < 1.29 is 9.53 Å². The SMILES string of the molecule is Cc1ccccc1C1=N/C(=C\c2cccn2C)C(=O)O1. The van der Waals surface area contributed by atoms with E-state index >= 15 is 0 Å². The molecule has 0 amide bonds. The van der Waals surface area contributed by atoms with Crippen LogP contribution in [0.3, 0.4) is 0 Å². The Bertz CT molecular complexity index is 738. The van der Waals surface area contributed by atoms with Crippen LogP contribution in [0.25, 0.3) is 6.08 Å². The van der Waals surface area contributed by atoms with Gasteiger partial charge < -0.3 is 9.30 Å². The number of hydrogen-bond acceptors (Lipinski definition) is 3. The molecule has 0 spiro atoms.